The fraction of sp³-hybridized carbons (Fsp3) is 0.292. The topological polar surface area (TPSA) is 85.2 Å². The van der Waals surface area contributed by atoms with Crippen LogP contribution in [0.5, 0.6) is 0 Å². The number of aromatic nitrogens is 2. The Morgan fingerprint density at radius 3 is 2.32 bits per heavy atom. The van der Waals surface area contributed by atoms with Crippen LogP contribution in [0.25, 0.3) is 16.9 Å². The zero-order chi connectivity index (χ0) is 21.9. The summed E-state index contributed by atoms with van der Waals surface area (Å²) in [5.41, 5.74) is 2.60. The molecule has 31 heavy (non-hydrogen) atoms. The fourth-order valence-corrected chi connectivity index (χ4v) is 3.13. The van der Waals surface area contributed by atoms with Crippen LogP contribution in [-0.4, -0.2) is 41.9 Å². The molecule has 0 saturated heterocycles. The maximum absolute atomic E-state index is 12.5. The third-order valence-electron chi connectivity index (χ3n) is 4.70. The minimum atomic E-state index is -0.149. The van der Waals surface area contributed by atoms with Crippen molar-refractivity contribution in [3.63, 3.8) is 0 Å². The van der Waals surface area contributed by atoms with E-state index in [4.69, 9.17) is 4.74 Å². The molecule has 3 aromatic rings. The minimum absolute atomic E-state index is 0.0513. The van der Waals surface area contributed by atoms with Crippen molar-refractivity contribution >= 4 is 17.6 Å². The van der Waals surface area contributed by atoms with E-state index in [0.29, 0.717) is 31.8 Å². The van der Waals surface area contributed by atoms with Crippen molar-refractivity contribution < 1.29 is 14.3 Å². The summed E-state index contributed by atoms with van der Waals surface area (Å²) in [4.78, 5) is 24.4. The molecule has 3 rings (SSSR count). The van der Waals surface area contributed by atoms with Gasteiger partial charge in [-0.25, -0.2) is 4.68 Å². The van der Waals surface area contributed by atoms with Gasteiger partial charge in [0.05, 0.1) is 11.4 Å². The predicted molar refractivity (Wildman–Crippen MR) is 121 cm³/mol. The molecule has 7 heteroatoms. The fourth-order valence-electron chi connectivity index (χ4n) is 3.13. The van der Waals surface area contributed by atoms with Gasteiger partial charge in [-0.05, 0) is 25.0 Å². The molecule has 0 saturated carbocycles. The van der Waals surface area contributed by atoms with E-state index in [1.54, 1.807) is 11.8 Å². The van der Waals surface area contributed by atoms with Gasteiger partial charge in [-0.3, -0.25) is 9.59 Å². The molecule has 7 nitrogen and oxygen atoms in total. The highest BCUT2D eigenvalue weighted by Gasteiger charge is 2.14. The van der Waals surface area contributed by atoms with E-state index < -0.39 is 0 Å². The van der Waals surface area contributed by atoms with E-state index in [2.05, 4.69) is 15.7 Å². The third-order valence-corrected chi connectivity index (χ3v) is 4.70. The highest BCUT2D eigenvalue weighted by atomic mass is 16.5. The third kappa shape index (κ3) is 6.79. The van der Waals surface area contributed by atoms with Gasteiger partial charge in [0, 0.05) is 44.7 Å². The molecule has 0 aliphatic carbocycles. The number of methoxy groups -OCH3 is 1. The van der Waals surface area contributed by atoms with Gasteiger partial charge in [0.15, 0.2) is 0 Å². The Morgan fingerprint density at radius 1 is 0.935 bits per heavy atom. The van der Waals surface area contributed by atoms with E-state index in [0.717, 1.165) is 23.4 Å². The van der Waals surface area contributed by atoms with Gasteiger partial charge in [0.25, 0.3) is 0 Å². The number of hydrogen-bond acceptors (Lipinski definition) is 4. The van der Waals surface area contributed by atoms with Crippen LogP contribution >= 0.6 is 0 Å². The number of para-hydroxylation sites is 1. The lowest BCUT2D eigenvalue weighted by atomic mass is 10.1. The quantitative estimate of drug-likeness (QED) is 0.462. The summed E-state index contributed by atoms with van der Waals surface area (Å²) in [6.07, 6.45) is 1.82. The molecule has 1 aromatic heterocycles. The van der Waals surface area contributed by atoms with Crippen molar-refractivity contribution in [1.82, 2.24) is 15.1 Å². The van der Waals surface area contributed by atoms with Crippen molar-refractivity contribution in [2.45, 2.75) is 25.7 Å². The van der Waals surface area contributed by atoms with Gasteiger partial charge >= 0.3 is 0 Å². The van der Waals surface area contributed by atoms with Gasteiger partial charge in [-0.1, -0.05) is 48.5 Å². The van der Waals surface area contributed by atoms with Crippen molar-refractivity contribution in [1.29, 1.82) is 0 Å². The summed E-state index contributed by atoms with van der Waals surface area (Å²) < 4.78 is 6.68. The average Bonchev–Trinajstić information content (AvgIpc) is 3.21. The van der Waals surface area contributed by atoms with Crippen LogP contribution in [0, 0.1) is 0 Å². The highest BCUT2D eigenvalue weighted by molar-refractivity contribution is 5.91. The van der Waals surface area contributed by atoms with Crippen LogP contribution in [-0.2, 0) is 14.3 Å². The van der Waals surface area contributed by atoms with Crippen molar-refractivity contribution in [2.75, 3.05) is 25.6 Å². The second kappa shape index (κ2) is 11.7. The first-order valence-corrected chi connectivity index (χ1v) is 10.4. The van der Waals surface area contributed by atoms with Crippen molar-refractivity contribution in [3.8, 4) is 16.9 Å². The molecule has 0 spiro atoms. The summed E-state index contributed by atoms with van der Waals surface area (Å²) in [7, 11) is 1.63. The van der Waals surface area contributed by atoms with Crippen LogP contribution in [0.1, 0.15) is 25.7 Å². The van der Waals surface area contributed by atoms with Crippen LogP contribution < -0.4 is 10.6 Å². The van der Waals surface area contributed by atoms with Crippen LogP contribution in [0.4, 0.5) is 5.82 Å². The molecule has 2 aromatic carbocycles. The molecule has 0 atom stereocenters. The Balaban J connectivity index is 1.61. The average molecular weight is 421 g/mol. The minimum Gasteiger partial charge on any atom is -0.385 e. The van der Waals surface area contributed by atoms with E-state index in [1.807, 2.05) is 66.7 Å². The Labute approximate surface area is 182 Å². The Morgan fingerprint density at radius 2 is 1.61 bits per heavy atom. The van der Waals surface area contributed by atoms with E-state index in [1.165, 1.54) is 0 Å². The molecule has 0 fully saturated rings. The number of anilines is 1. The molecule has 0 radical (unpaired) electrons. The standard InChI is InChI=1S/C24H28N4O3/c1-31-17-9-16-25-23(29)14-8-15-24(30)26-22-18-21(19-10-4-2-5-11-19)27-28(22)20-12-6-3-7-13-20/h2-7,10-13,18H,8-9,14-17H2,1H3,(H,25,29)(H,26,30). The molecular formula is C24H28N4O3. The van der Waals surface area contributed by atoms with Gasteiger partial charge in [-0.2, -0.15) is 5.10 Å². The van der Waals surface area contributed by atoms with Crippen molar-refractivity contribution in [2.24, 2.45) is 0 Å². The number of benzene rings is 2. The first-order chi connectivity index (χ1) is 15.2. The number of nitrogens with one attached hydrogen (secondary N) is 2. The lowest BCUT2D eigenvalue weighted by Crippen LogP contribution is -2.25. The largest absolute Gasteiger partial charge is 0.385 e. The Kier molecular flexibility index (Phi) is 8.37. The maximum Gasteiger partial charge on any atom is 0.225 e. The molecule has 1 heterocycles. The zero-order valence-electron chi connectivity index (χ0n) is 17.7. The highest BCUT2D eigenvalue weighted by Crippen LogP contribution is 2.24. The number of carbonyl (C=O) groups is 2. The summed E-state index contributed by atoms with van der Waals surface area (Å²) in [5.74, 6) is 0.396. The number of nitrogens with zero attached hydrogens (tertiary/aromatic N) is 2. The van der Waals surface area contributed by atoms with Gasteiger partial charge < -0.3 is 15.4 Å². The zero-order valence-corrected chi connectivity index (χ0v) is 17.7. The Hall–Kier alpha value is -3.45. The first-order valence-electron chi connectivity index (χ1n) is 10.4. The first kappa shape index (κ1) is 22.2. The number of hydrogen-bond donors (Lipinski definition) is 2. The SMILES string of the molecule is COCCCNC(=O)CCCC(=O)Nc1cc(-c2ccccc2)nn1-c1ccccc1. The lowest BCUT2D eigenvalue weighted by Gasteiger charge is -2.09. The van der Waals surface area contributed by atoms with Gasteiger partial charge in [0.1, 0.15) is 5.82 Å². The van der Waals surface area contributed by atoms with Crippen molar-refractivity contribution in [3.05, 3.63) is 66.7 Å². The molecule has 0 aliphatic rings. The van der Waals surface area contributed by atoms with E-state index in [9.17, 15) is 9.59 Å². The molecular weight excluding hydrogens is 392 g/mol. The second-order valence-corrected chi connectivity index (χ2v) is 7.13. The van der Waals surface area contributed by atoms with E-state index >= 15 is 0 Å². The number of ether oxygens (including phenoxy) is 1. The molecule has 2 amide bonds. The summed E-state index contributed by atoms with van der Waals surface area (Å²) in [6.45, 7) is 1.19. The monoisotopic (exact) mass is 420 g/mol. The molecule has 0 unspecified atom stereocenters. The lowest BCUT2D eigenvalue weighted by molar-refractivity contribution is -0.121. The number of amides is 2. The number of carbonyl (C=O) groups excluding carboxylic acids is 2. The van der Waals surface area contributed by atoms with Gasteiger partial charge in [0.2, 0.25) is 11.8 Å². The molecule has 2 N–H and O–H groups in total. The normalized spacial score (nSPS) is 10.6. The smallest absolute Gasteiger partial charge is 0.225 e. The summed E-state index contributed by atoms with van der Waals surface area (Å²) >= 11 is 0. The summed E-state index contributed by atoms with van der Waals surface area (Å²) in [5, 5.41) is 10.5. The number of rotatable bonds is 11. The van der Waals surface area contributed by atoms with E-state index in [-0.39, 0.29) is 18.2 Å². The maximum atomic E-state index is 12.5. The molecule has 162 valence electrons. The molecule has 0 aliphatic heterocycles. The van der Waals surface area contributed by atoms with Crippen LogP contribution in [0.2, 0.25) is 0 Å². The van der Waals surface area contributed by atoms with Crippen LogP contribution in [0.15, 0.2) is 66.7 Å². The van der Waals surface area contributed by atoms with Gasteiger partial charge in [-0.15, -0.1) is 0 Å². The Bertz CT molecular complexity index is 971. The van der Waals surface area contributed by atoms with Crippen LogP contribution in [0.3, 0.4) is 0 Å². The predicted octanol–water partition coefficient (Wildman–Crippen LogP) is 3.80. The summed E-state index contributed by atoms with van der Waals surface area (Å²) in [6, 6.07) is 21.3. The molecule has 0 bridgehead atoms. The second-order valence-electron chi connectivity index (χ2n) is 7.13.